The van der Waals surface area contributed by atoms with Gasteiger partial charge in [-0.05, 0) is 29.8 Å². The molecule has 9 heteroatoms. The molecule has 2 aliphatic heterocycles. The van der Waals surface area contributed by atoms with E-state index in [4.69, 9.17) is 0 Å². The zero-order chi connectivity index (χ0) is 20.5. The molecule has 0 spiro atoms. The number of hydrogen-bond donors (Lipinski definition) is 0. The van der Waals surface area contributed by atoms with Crippen molar-refractivity contribution in [3.8, 4) is 6.07 Å². The Labute approximate surface area is 179 Å². The van der Waals surface area contributed by atoms with Gasteiger partial charge in [-0.3, -0.25) is 19.8 Å². The summed E-state index contributed by atoms with van der Waals surface area (Å²) in [4.78, 5) is 27.1. The second-order valence-corrected chi connectivity index (χ2v) is 8.54. The summed E-state index contributed by atoms with van der Waals surface area (Å²) in [5, 5.41) is 21.4. The van der Waals surface area contributed by atoms with Gasteiger partial charge in [-0.15, -0.1) is 0 Å². The lowest BCUT2D eigenvalue weighted by atomic mass is 9.86. The van der Waals surface area contributed by atoms with E-state index in [1.54, 1.807) is 17.0 Å². The fourth-order valence-corrected chi connectivity index (χ4v) is 4.92. The van der Waals surface area contributed by atoms with Crippen molar-refractivity contribution in [2.75, 3.05) is 17.4 Å². The summed E-state index contributed by atoms with van der Waals surface area (Å²) in [6, 6.07) is 16.2. The Morgan fingerprint density at radius 1 is 1.17 bits per heavy atom. The first-order valence-electron chi connectivity index (χ1n) is 8.80. The number of fused-ring (bicyclic) bond motifs is 1. The molecule has 7 nitrogen and oxygen atoms in total. The highest BCUT2D eigenvalue weighted by atomic mass is 79.9. The number of amides is 1. The van der Waals surface area contributed by atoms with Crippen molar-refractivity contribution in [3.63, 3.8) is 0 Å². The number of halogens is 1. The smallest absolute Gasteiger partial charge is 0.269 e. The summed E-state index contributed by atoms with van der Waals surface area (Å²) in [5.74, 6) is 0.182. The third kappa shape index (κ3) is 3.73. The normalized spacial score (nSPS) is 19.0. The van der Waals surface area contributed by atoms with Gasteiger partial charge < -0.3 is 4.90 Å². The quantitative estimate of drug-likeness (QED) is 0.481. The lowest BCUT2D eigenvalue weighted by Crippen LogP contribution is -2.47. The number of nitro benzene ring substituents is 1. The number of non-ortho nitro benzene ring substituents is 1. The lowest BCUT2D eigenvalue weighted by Gasteiger charge is -2.42. The summed E-state index contributed by atoms with van der Waals surface area (Å²) in [7, 11) is 0. The van der Waals surface area contributed by atoms with E-state index in [1.807, 2.05) is 24.3 Å². The minimum atomic E-state index is -0.463. The summed E-state index contributed by atoms with van der Waals surface area (Å²) >= 11 is 4.89. The molecular formula is C20H15BrN4O3S. The fraction of sp³-hybridized carbons (Fsp3) is 0.200. The summed E-state index contributed by atoms with van der Waals surface area (Å²) in [6.07, 6.45) is 0.166. The van der Waals surface area contributed by atoms with Gasteiger partial charge in [0.2, 0.25) is 5.91 Å². The average Bonchev–Trinajstić information content (AvgIpc) is 2.74. The standard InChI is InChI=1S/C20H15BrN4O3S/c21-14-3-7-15(8-4-14)23-11-24-19(26)9-17(18(10-22)20(24)29-12-23)13-1-5-16(6-2-13)25(27)28/h1-8,17H,9,11-12H2/t17-/m1/s1. The molecule has 2 aromatic carbocycles. The molecule has 0 radical (unpaired) electrons. The van der Waals surface area contributed by atoms with E-state index < -0.39 is 4.92 Å². The highest BCUT2D eigenvalue weighted by Crippen LogP contribution is 2.43. The Hall–Kier alpha value is -2.83. The molecule has 0 unspecified atom stereocenters. The van der Waals surface area contributed by atoms with Crippen LogP contribution in [-0.4, -0.2) is 28.3 Å². The van der Waals surface area contributed by atoms with Crippen LogP contribution in [0.5, 0.6) is 0 Å². The van der Waals surface area contributed by atoms with Crippen molar-refractivity contribution in [1.82, 2.24) is 4.90 Å². The first kappa shape index (κ1) is 19.5. The van der Waals surface area contributed by atoms with Gasteiger partial charge in [0.25, 0.3) is 5.69 Å². The number of hydrogen-bond acceptors (Lipinski definition) is 6. The van der Waals surface area contributed by atoms with E-state index >= 15 is 0 Å². The molecule has 146 valence electrons. The van der Waals surface area contributed by atoms with Crippen LogP contribution in [0.2, 0.25) is 0 Å². The molecule has 0 bridgehead atoms. The number of rotatable bonds is 3. The van der Waals surface area contributed by atoms with Gasteiger partial charge in [-0.1, -0.05) is 39.8 Å². The average molecular weight is 471 g/mol. The second kappa shape index (κ2) is 7.89. The fourth-order valence-electron chi connectivity index (χ4n) is 3.49. The van der Waals surface area contributed by atoms with Gasteiger partial charge in [-0.2, -0.15) is 5.26 Å². The molecule has 0 N–H and O–H groups in total. The lowest BCUT2D eigenvalue weighted by molar-refractivity contribution is -0.384. The van der Waals surface area contributed by atoms with Crippen molar-refractivity contribution in [2.45, 2.75) is 12.3 Å². The molecule has 2 aromatic rings. The largest absolute Gasteiger partial charge is 0.344 e. The van der Waals surface area contributed by atoms with Gasteiger partial charge in [0, 0.05) is 34.6 Å². The van der Waals surface area contributed by atoms with Crippen LogP contribution in [0.1, 0.15) is 17.9 Å². The molecule has 0 saturated carbocycles. The van der Waals surface area contributed by atoms with Crippen LogP contribution >= 0.6 is 27.7 Å². The number of thioether (sulfide) groups is 1. The van der Waals surface area contributed by atoms with Crippen LogP contribution in [0, 0.1) is 21.4 Å². The molecule has 1 saturated heterocycles. The third-order valence-corrected chi connectivity index (χ3v) is 6.67. The van der Waals surface area contributed by atoms with E-state index in [0.29, 0.717) is 23.1 Å². The molecule has 0 aromatic heterocycles. The maximum Gasteiger partial charge on any atom is 0.269 e. The number of allylic oxidation sites excluding steroid dienone is 1. The summed E-state index contributed by atoms with van der Waals surface area (Å²) in [5.41, 5.74) is 2.27. The zero-order valence-corrected chi connectivity index (χ0v) is 17.5. The van der Waals surface area contributed by atoms with E-state index in [0.717, 1.165) is 15.7 Å². The van der Waals surface area contributed by atoms with E-state index in [2.05, 4.69) is 26.9 Å². The van der Waals surface area contributed by atoms with Crippen molar-refractivity contribution < 1.29 is 9.72 Å². The van der Waals surface area contributed by atoms with Gasteiger partial charge in [0.05, 0.1) is 34.1 Å². The third-order valence-electron chi connectivity index (χ3n) is 4.99. The number of anilines is 1. The molecule has 29 heavy (non-hydrogen) atoms. The minimum absolute atomic E-state index is 0.0131. The molecule has 1 amide bonds. The van der Waals surface area contributed by atoms with Crippen molar-refractivity contribution >= 4 is 45.0 Å². The second-order valence-electron chi connectivity index (χ2n) is 6.69. The first-order chi connectivity index (χ1) is 14.0. The van der Waals surface area contributed by atoms with Crippen molar-refractivity contribution in [2.24, 2.45) is 0 Å². The Kier molecular flexibility index (Phi) is 5.30. The van der Waals surface area contributed by atoms with Crippen molar-refractivity contribution in [1.29, 1.82) is 5.26 Å². The maximum atomic E-state index is 12.9. The topological polar surface area (TPSA) is 90.5 Å². The van der Waals surface area contributed by atoms with Crippen molar-refractivity contribution in [3.05, 3.63) is 79.3 Å². The van der Waals surface area contributed by atoms with Crippen LogP contribution in [0.15, 0.2) is 63.6 Å². The molecule has 4 rings (SSSR count). The maximum absolute atomic E-state index is 12.9. The zero-order valence-electron chi connectivity index (χ0n) is 15.1. The predicted molar refractivity (Wildman–Crippen MR) is 114 cm³/mol. The number of carbonyl (C=O) groups excluding carboxylic acids is 1. The Bertz CT molecular complexity index is 1050. The van der Waals surface area contributed by atoms with Gasteiger partial charge >= 0.3 is 0 Å². The SMILES string of the molecule is N#CC1=C2SCN(c3ccc(Br)cc3)CN2C(=O)C[C@@H]1c1ccc([N+](=O)[O-])cc1. The van der Waals surface area contributed by atoms with Gasteiger partial charge in [-0.25, -0.2) is 0 Å². The molecule has 2 heterocycles. The monoisotopic (exact) mass is 470 g/mol. The first-order valence-corrected chi connectivity index (χ1v) is 10.6. The van der Waals surface area contributed by atoms with E-state index in [1.165, 1.54) is 23.9 Å². The molecule has 1 atom stereocenters. The highest BCUT2D eigenvalue weighted by Gasteiger charge is 2.38. The van der Waals surface area contributed by atoms with E-state index in [9.17, 15) is 20.2 Å². The predicted octanol–water partition coefficient (Wildman–Crippen LogP) is 4.58. The van der Waals surface area contributed by atoms with Crippen LogP contribution in [0.4, 0.5) is 11.4 Å². The Morgan fingerprint density at radius 3 is 2.48 bits per heavy atom. The summed E-state index contributed by atoms with van der Waals surface area (Å²) in [6.45, 7) is 0.390. The van der Waals surface area contributed by atoms with Gasteiger partial charge in [0.1, 0.15) is 0 Å². The number of nitriles is 1. The summed E-state index contributed by atoms with van der Waals surface area (Å²) < 4.78 is 0.984. The molecule has 0 aliphatic carbocycles. The van der Waals surface area contributed by atoms with Crippen LogP contribution in [0.25, 0.3) is 0 Å². The number of nitrogens with zero attached hydrogens (tertiary/aromatic N) is 4. The highest BCUT2D eigenvalue weighted by molar-refractivity contribution is 9.10. The number of carbonyl (C=O) groups is 1. The number of nitro groups is 1. The Balaban J connectivity index is 1.63. The molecule has 2 aliphatic rings. The van der Waals surface area contributed by atoms with Crippen LogP contribution in [-0.2, 0) is 4.79 Å². The van der Waals surface area contributed by atoms with Crippen LogP contribution in [0.3, 0.4) is 0 Å². The van der Waals surface area contributed by atoms with Gasteiger partial charge in [0.15, 0.2) is 0 Å². The Morgan fingerprint density at radius 2 is 1.86 bits per heavy atom. The number of benzene rings is 2. The molecule has 1 fully saturated rings. The van der Waals surface area contributed by atoms with Crippen LogP contribution < -0.4 is 4.90 Å². The molecular weight excluding hydrogens is 456 g/mol. The van der Waals surface area contributed by atoms with E-state index in [-0.39, 0.29) is 23.9 Å². The minimum Gasteiger partial charge on any atom is -0.344 e.